The Kier molecular flexibility index (Phi) is 6.66. The molecule has 8 aromatic carbocycles. The maximum atomic E-state index is 10.8. The molecule has 0 unspecified atom stereocenters. The Bertz CT molecular complexity index is 4000. The molecule has 16 heteroatoms. The third-order valence-electron chi connectivity index (χ3n) is 14.6. The zero-order valence-electron chi connectivity index (χ0n) is 36.6. The highest BCUT2D eigenvalue weighted by atomic mass is 16.3. The largest absolute Gasteiger partial charge is 0.506 e. The first-order valence-corrected chi connectivity index (χ1v) is 23.1. The van der Waals surface area contributed by atoms with Crippen LogP contribution in [0.5, 0.6) is 23.0 Å². The van der Waals surface area contributed by atoms with Crippen LogP contribution in [0.15, 0.2) is 170 Å². The summed E-state index contributed by atoms with van der Waals surface area (Å²) in [6.45, 7) is 0. The molecule has 8 heterocycles. The number of phenols is 4. The molecule has 8 aromatic heterocycles. The lowest BCUT2D eigenvalue weighted by Gasteiger charge is -2.35. The van der Waals surface area contributed by atoms with Crippen molar-refractivity contribution in [3.63, 3.8) is 0 Å². The molecule has 0 bridgehead atoms. The minimum atomic E-state index is -0.357. The van der Waals surface area contributed by atoms with E-state index in [1.54, 1.807) is 24.3 Å². The smallest absolute Gasteiger partial charge is 0.143 e. The third kappa shape index (κ3) is 4.95. The van der Waals surface area contributed by atoms with Gasteiger partial charge in [0.25, 0.3) is 0 Å². The van der Waals surface area contributed by atoms with Crippen LogP contribution >= 0.6 is 0 Å². The summed E-state index contributed by atoms with van der Waals surface area (Å²) in [4.78, 5) is 8.00. The fraction of sp³-hybridized carbons (Fsp3) is 0.0943. The molecule has 0 fully saturated rings. The molecule has 0 radical (unpaired) electrons. The van der Waals surface area contributed by atoms with Crippen molar-refractivity contribution in [2.75, 3.05) is 0 Å². The Morgan fingerprint density at radius 2 is 0.478 bits per heavy atom. The lowest BCUT2D eigenvalue weighted by Crippen LogP contribution is -2.32. The average Bonchev–Trinajstić information content (AvgIpc) is 4.27. The van der Waals surface area contributed by atoms with E-state index in [4.69, 9.17) is 0 Å². The van der Waals surface area contributed by atoms with Crippen LogP contribution in [0.3, 0.4) is 0 Å². The number of hydrogen-bond donors (Lipinski definition) is 4. The van der Waals surface area contributed by atoms with Gasteiger partial charge in [0, 0.05) is 0 Å². The lowest BCUT2D eigenvalue weighted by molar-refractivity contribution is 0.275. The van der Waals surface area contributed by atoms with Gasteiger partial charge in [0.2, 0.25) is 0 Å². The van der Waals surface area contributed by atoms with Gasteiger partial charge in [0.15, 0.2) is 0 Å². The minimum absolute atomic E-state index is 0.227. The molecule has 69 heavy (non-hydrogen) atoms. The molecule has 0 atom stereocenters. The van der Waals surface area contributed by atoms with Crippen molar-refractivity contribution in [2.24, 2.45) is 5.41 Å². The Hall–Kier alpha value is -9.44. The number of phenolic OH excluding ortho intramolecular Hbond substituents is 4. The van der Waals surface area contributed by atoms with Crippen molar-refractivity contribution < 1.29 is 20.4 Å². The van der Waals surface area contributed by atoms with Crippen molar-refractivity contribution in [2.45, 2.75) is 25.7 Å². The van der Waals surface area contributed by atoms with E-state index in [1.807, 2.05) is 92.0 Å². The number of nitrogens with zero attached hydrogens (tertiary/aromatic N) is 12. The monoisotopic (exact) mass is 908 g/mol. The standard InChI is InChI=1S/C53H40N12O4/c66-49-13-5-1-9-41(49)58-54-37-21-17-33(25-45(37)62(54)58)29-53(30-34-18-22-38-46(26-34)63-55(38)59(63)42-10-2-6-14-50(42)67,31-35-19-23-39-47(27-35)64-56(39)60(64)43-11-3-7-15-51(43)68)32-36-20-24-40-48(28-36)65-57(40)61(65)44-12-4-8-16-52(44)69/h1-28,66-69H,29-32H2. The van der Waals surface area contributed by atoms with E-state index in [0.29, 0.717) is 0 Å². The van der Waals surface area contributed by atoms with E-state index >= 15 is 0 Å². The molecule has 0 aliphatic heterocycles. The highest BCUT2D eigenvalue weighted by molar-refractivity contribution is 5.83. The first-order chi connectivity index (χ1) is 33.8. The predicted molar refractivity (Wildman–Crippen MR) is 259 cm³/mol. The summed E-state index contributed by atoms with van der Waals surface area (Å²) in [6.07, 6.45) is 3.04. The van der Waals surface area contributed by atoms with Crippen molar-refractivity contribution in [1.82, 2.24) is 56.2 Å². The summed E-state index contributed by atoms with van der Waals surface area (Å²) in [5, 5.41) is 43.1. The van der Waals surface area contributed by atoms with Crippen LogP contribution in [0.4, 0.5) is 0 Å². The predicted octanol–water partition coefficient (Wildman–Crippen LogP) is 8.70. The second kappa shape index (κ2) is 12.5. The van der Waals surface area contributed by atoms with Crippen LogP contribution in [0.25, 0.3) is 66.9 Å². The minimum Gasteiger partial charge on any atom is -0.506 e. The summed E-state index contributed by atoms with van der Waals surface area (Å²) in [7, 11) is 0. The maximum Gasteiger partial charge on any atom is 0.143 e. The Morgan fingerprint density at radius 1 is 0.261 bits per heavy atom. The highest BCUT2D eigenvalue weighted by Gasteiger charge is 2.37. The van der Waals surface area contributed by atoms with Gasteiger partial charge in [0.05, 0.1) is 0 Å². The van der Waals surface area contributed by atoms with Gasteiger partial charge in [-0.15, -0.1) is 56.2 Å². The SMILES string of the molecule is Oc1ccccc1-n1n2c3ccc(CC(Cc4ccc5c(c4)n4n(-c6ccccc6O)n54)(Cc4ccc5c(c4)n4n(-c6ccccc6O)n54)Cc4ccc5c(c4)n4n(-c6ccccc6O)n54)cc3n12. The van der Waals surface area contributed by atoms with E-state index < -0.39 is 0 Å². The van der Waals surface area contributed by atoms with Gasteiger partial charge in [-0.3, -0.25) is 0 Å². The quantitative estimate of drug-likeness (QED) is 0.0976. The van der Waals surface area contributed by atoms with Gasteiger partial charge in [0.1, 0.15) is 89.9 Å². The summed E-state index contributed by atoms with van der Waals surface area (Å²) in [5.74, 6) is 0.910. The summed E-state index contributed by atoms with van der Waals surface area (Å²) < 4.78 is 16.7. The van der Waals surface area contributed by atoms with Crippen LogP contribution in [0.2, 0.25) is 0 Å². The van der Waals surface area contributed by atoms with Gasteiger partial charge in [-0.1, -0.05) is 72.8 Å². The zero-order valence-corrected chi connectivity index (χ0v) is 36.6. The Labute approximate surface area is 388 Å². The number of aromatic nitrogens is 12. The normalized spacial score (nSPS) is 13.1. The molecule has 0 saturated carbocycles. The first kappa shape index (κ1) is 36.7. The highest BCUT2D eigenvalue weighted by Crippen LogP contribution is 2.42. The maximum absolute atomic E-state index is 10.8. The van der Waals surface area contributed by atoms with Crippen LogP contribution in [0, 0.1) is 5.41 Å². The third-order valence-corrected chi connectivity index (χ3v) is 14.6. The fourth-order valence-corrected chi connectivity index (χ4v) is 11.5. The number of fused-ring (bicyclic) bond motifs is 16. The van der Waals surface area contributed by atoms with Gasteiger partial charge in [-0.25, -0.2) is 0 Å². The molecule has 16 rings (SSSR count). The van der Waals surface area contributed by atoms with Crippen molar-refractivity contribution in [3.8, 4) is 45.7 Å². The topological polar surface area (TPSA) is 136 Å². The van der Waals surface area contributed by atoms with Crippen LogP contribution in [-0.4, -0.2) is 76.7 Å². The van der Waals surface area contributed by atoms with Gasteiger partial charge < -0.3 is 20.4 Å². The molecule has 336 valence electrons. The average molecular weight is 909 g/mol. The van der Waals surface area contributed by atoms with E-state index in [9.17, 15) is 20.4 Å². The van der Waals surface area contributed by atoms with Gasteiger partial charge in [-0.2, -0.15) is 0 Å². The summed E-state index contributed by atoms with van der Waals surface area (Å²) in [5.41, 5.74) is 16.1. The van der Waals surface area contributed by atoms with Crippen LogP contribution in [-0.2, 0) is 25.7 Å². The van der Waals surface area contributed by atoms with E-state index in [1.165, 1.54) is 22.3 Å². The van der Waals surface area contributed by atoms with Crippen molar-refractivity contribution >= 4 is 44.1 Å². The number of hydrogen-bond acceptors (Lipinski definition) is 4. The molecule has 0 saturated heterocycles. The molecule has 0 aliphatic carbocycles. The number of aromatic hydroxyl groups is 4. The lowest BCUT2D eigenvalue weighted by atomic mass is 9.68. The van der Waals surface area contributed by atoms with Crippen LogP contribution < -0.4 is 0 Å². The van der Waals surface area contributed by atoms with E-state index in [2.05, 4.69) is 110 Å². The van der Waals surface area contributed by atoms with Crippen molar-refractivity contribution in [1.29, 1.82) is 0 Å². The van der Waals surface area contributed by atoms with Crippen LogP contribution in [0.1, 0.15) is 22.3 Å². The molecule has 0 amide bonds. The summed E-state index contributed by atoms with van der Waals surface area (Å²) >= 11 is 0. The molecule has 0 aliphatic rings. The zero-order chi connectivity index (χ0) is 45.6. The molecule has 16 nitrogen and oxygen atoms in total. The van der Waals surface area contributed by atoms with Gasteiger partial charge >= 0.3 is 0 Å². The Balaban J connectivity index is 0.841. The molecule has 0 spiro atoms. The Morgan fingerprint density at radius 3 is 0.710 bits per heavy atom. The fourth-order valence-electron chi connectivity index (χ4n) is 11.5. The van der Waals surface area contributed by atoms with Gasteiger partial charge in [-0.05, 0) is 150 Å². The van der Waals surface area contributed by atoms with E-state index in [-0.39, 0.29) is 28.4 Å². The molecular weight excluding hydrogens is 869 g/mol. The second-order valence-corrected chi connectivity index (χ2v) is 18.9. The second-order valence-electron chi connectivity index (χ2n) is 18.9. The molecule has 16 aromatic rings. The number of para-hydroxylation sites is 8. The molecule has 4 N–H and O–H groups in total. The summed E-state index contributed by atoms with van der Waals surface area (Å²) in [6, 6.07) is 56.7. The number of benzene rings is 8. The van der Waals surface area contributed by atoms with E-state index in [0.717, 1.165) is 92.6 Å². The van der Waals surface area contributed by atoms with Crippen molar-refractivity contribution in [3.05, 3.63) is 192 Å². The molecular formula is C53H40N12O4. The first-order valence-electron chi connectivity index (χ1n) is 23.1. The number of rotatable bonds is 12.